The van der Waals surface area contributed by atoms with Crippen molar-refractivity contribution >= 4 is 23.0 Å². The van der Waals surface area contributed by atoms with E-state index in [2.05, 4.69) is 10.6 Å². The minimum atomic E-state index is -0.756. The van der Waals surface area contributed by atoms with E-state index in [0.717, 1.165) is 37.8 Å². The first-order valence-corrected chi connectivity index (χ1v) is 9.18. The molecule has 11 heteroatoms. The zero-order valence-electron chi connectivity index (χ0n) is 15.2. The molecular weight excluding hydrogens is 372 g/mol. The van der Waals surface area contributed by atoms with Crippen LogP contribution in [0.5, 0.6) is 0 Å². The summed E-state index contributed by atoms with van der Waals surface area (Å²) < 4.78 is 10.9. The Morgan fingerprint density at radius 3 is 2.21 bits per heavy atom. The maximum absolute atomic E-state index is 12.7. The molecule has 2 fully saturated rings. The molecular formula is C17H22N4O7. The van der Waals surface area contributed by atoms with Crippen molar-refractivity contribution in [3.63, 3.8) is 0 Å². The molecule has 2 saturated heterocycles. The van der Waals surface area contributed by atoms with Crippen LogP contribution in [0.3, 0.4) is 0 Å². The van der Waals surface area contributed by atoms with Crippen LogP contribution >= 0.6 is 0 Å². The number of amides is 1. The Bertz CT molecular complexity index is 758. The maximum atomic E-state index is 12.7. The van der Waals surface area contributed by atoms with Gasteiger partial charge in [0.1, 0.15) is 5.69 Å². The third-order valence-corrected chi connectivity index (χ3v) is 4.80. The van der Waals surface area contributed by atoms with Gasteiger partial charge in [0.15, 0.2) is 0 Å². The van der Waals surface area contributed by atoms with E-state index in [9.17, 15) is 25.0 Å². The fourth-order valence-corrected chi connectivity index (χ4v) is 3.35. The van der Waals surface area contributed by atoms with Gasteiger partial charge in [-0.1, -0.05) is 0 Å². The van der Waals surface area contributed by atoms with Gasteiger partial charge in [0.05, 0.1) is 33.7 Å². The normalized spacial score (nSPS) is 21.4. The third kappa shape index (κ3) is 4.73. The number of ether oxygens (including phenoxy) is 2. The molecule has 152 valence electrons. The highest BCUT2D eigenvalue weighted by Crippen LogP contribution is 2.34. The van der Waals surface area contributed by atoms with E-state index in [4.69, 9.17) is 9.47 Å². The molecule has 0 saturated carbocycles. The van der Waals surface area contributed by atoms with Gasteiger partial charge >= 0.3 is 0 Å². The van der Waals surface area contributed by atoms with Crippen molar-refractivity contribution in [3.05, 3.63) is 37.9 Å². The molecule has 2 atom stereocenters. The lowest BCUT2D eigenvalue weighted by atomic mass is 10.1. The van der Waals surface area contributed by atoms with Gasteiger partial charge in [-0.2, -0.15) is 0 Å². The first kappa shape index (κ1) is 20.0. The zero-order chi connectivity index (χ0) is 20.1. The average Bonchev–Trinajstić information content (AvgIpc) is 3.37. The first-order chi connectivity index (χ1) is 13.5. The number of nitrogens with one attached hydrogen (secondary N) is 2. The van der Waals surface area contributed by atoms with Crippen LogP contribution in [0.2, 0.25) is 0 Å². The molecule has 2 aliphatic heterocycles. The third-order valence-electron chi connectivity index (χ3n) is 4.80. The molecule has 0 aliphatic carbocycles. The molecule has 2 unspecified atom stereocenters. The fraction of sp³-hybridized carbons (Fsp3) is 0.588. The number of benzene rings is 1. The Balaban J connectivity index is 1.87. The summed E-state index contributed by atoms with van der Waals surface area (Å²) in [5.41, 5.74) is -1.22. The van der Waals surface area contributed by atoms with Crippen molar-refractivity contribution < 1.29 is 24.1 Å². The molecule has 1 aromatic rings. The summed E-state index contributed by atoms with van der Waals surface area (Å²) in [7, 11) is 0. The smallest absolute Gasteiger partial charge is 0.300 e. The van der Waals surface area contributed by atoms with E-state index in [-0.39, 0.29) is 36.5 Å². The van der Waals surface area contributed by atoms with Crippen molar-refractivity contribution in [2.24, 2.45) is 0 Å². The molecule has 1 aromatic carbocycles. The fourth-order valence-electron chi connectivity index (χ4n) is 3.35. The van der Waals surface area contributed by atoms with E-state index in [1.807, 2.05) is 0 Å². The number of non-ortho nitro benzene ring substituents is 1. The van der Waals surface area contributed by atoms with Crippen LogP contribution in [-0.2, 0) is 9.47 Å². The van der Waals surface area contributed by atoms with Crippen LogP contribution in [-0.4, -0.2) is 54.3 Å². The molecule has 1 amide bonds. The van der Waals surface area contributed by atoms with Gasteiger partial charge in [0, 0.05) is 32.4 Å². The molecule has 0 aromatic heterocycles. The summed E-state index contributed by atoms with van der Waals surface area (Å²) >= 11 is 0. The molecule has 3 rings (SSSR count). The monoisotopic (exact) mass is 394 g/mol. The Morgan fingerprint density at radius 2 is 1.68 bits per heavy atom. The van der Waals surface area contributed by atoms with Gasteiger partial charge in [0.2, 0.25) is 0 Å². The molecule has 2 aliphatic rings. The predicted molar refractivity (Wildman–Crippen MR) is 98.5 cm³/mol. The standard InChI is InChI=1S/C17H22N4O7/c22-17(19-10-13-4-2-6-28-13)14-7-11(20(23)24)8-15(21(25)26)16(14)18-9-12-3-1-5-27-12/h7-8,12-13,18H,1-6,9-10H2,(H,19,22). The minimum Gasteiger partial charge on any atom is -0.376 e. The SMILES string of the molecule is O=C(NCC1CCCO1)c1cc([N+](=O)[O-])cc([N+](=O)[O-])c1NCC1CCCO1. The predicted octanol–water partition coefficient (Wildman–Crippen LogP) is 2.00. The number of carbonyl (C=O) groups excluding carboxylic acids is 1. The Morgan fingerprint density at radius 1 is 1.04 bits per heavy atom. The van der Waals surface area contributed by atoms with Gasteiger partial charge in [0.25, 0.3) is 17.3 Å². The van der Waals surface area contributed by atoms with Crippen molar-refractivity contribution in [1.82, 2.24) is 5.32 Å². The Hall–Kier alpha value is -2.79. The van der Waals surface area contributed by atoms with Crippen LogP contribution in [0.4, 0.5) is 17.1 Å². The highest BCUT2D eigenvalue weighted by atomic mass is 16.6. The Labute approximate surface area is 160 Å². The number of rotatable bonds is 8. The van der Waals surface area contributed by atoms with Gasteiger partial charge < -0.3 is 20.1 Å². The number of nitro benzene ring substituents is 2. The van der Waals surface area contributed by atoms with Gasteiger partial charge in [-0.15, -0.1) is 0 Å². The largest absolute Gasteiger partial charge is 0.376 e. The van der Waals surface area contributed by atoms with E-state index in [1.165, 1.54) is 0 Å². The lowest BCUT2D eigenvalue weighted by Crippen LogP contribution is -2.32. The quantitative estimate of drug-likeness (QED) is 0.503. The number of anilines is 1. The second-order valence-electron chi connectivity index (χ2n) is 6.76. The molecule has 0 radical (unpaired) electrons. The van der Waals surface area contributed by atoms with E-state index in [0.29, 0.717) is 13.2 Å². The summed E-state index contributed by atoms with van der Waals surface area (Å²) in [6.45, 7) is 1.74. The summed E-state index contributed by atoms with van der Waals surface area (Å²) in [5, 5.41) is 28.2. The van der Waals surface area contributed by atoms with Crippen LogP contribution in [0.25, 0.3) is 0 Å². The second kappa shape index (κ2) is 8.93. The molecule has 0 spiro atoms. The first-order valence-electron chi connectivity index (χ1n) is 9.18. The van der Waals surface area contributed by atoms with Crippen LogP contribution < -0.4 is 10.6 Å². The molecule has 2 heterocycles. The van der Waals surface area contributed by atoms with Crippen LogP contribution in [0.15, 0.2) is 12.1 Å². The summed E-state index contributed by atoms with van der Waals surface area (Å²) in [6.07, 6.45) is 3.15. The number of hydrogen-bond acceptors (Lipinski definition) is 8. The number of nitrogens with zero attached hydrogens (tertiary/aromatic N) is 2. The Kier molecular flexibility index (Phi) is 6.37. The van der Waals surface area contributed by atoms with Gasteiger partial charge in [-0.25, -0.2) is 0 Å². The topological polar surface area (TPSA) is 146 Å². The van der Waals surface area contributed by atoms with Crippen molar-refractivity contribution in [3.8, 4) is 0 Å². The molecule has 11 nitrogen and oxygen atoms in total. The summed E-state index contributed by atoms with van der Waals surface area (Å²) in [5.74, 6) is -0.628. The summed E-state index contributed by atoms with van der Waals surface area (Å²) in [6, 6.07) is 1.91. The summed E-state index contributed by atoms with van der Waals surface area (Å²) in [4.78, 5) is 33.9. The second-order valence-corrected chi connectivity index (χ2v) is 6.76. The minimum absolute atomic E-state index is 0.0454. The van der Waals surface area contributed by atoms with E-state index >= 15 is 0 Å². The van der Waals surface area contributed by atoms with Crippen molar-refractivity contribution in [2.45, 2.75) is 37.9 Å². The highest BCUT2D eigenvalue weighted by Gasteiger charge is 2.29. The van der Waals surface area contributed by atoms with Crippen molar-refractivity contribution in [1.29, 1.82) is 0 Å². The van der Waals surface area contributed by atoms with Crippen LogP contribution in [0, 0.1) is 20.2 Å². The molecule has 2 N–H and O–H groups in total. The molecule has 0 bridgehead atoms. The van der Waals surface area contributed by atoms with Gasteiger partial charge in [-0.05, 0) is 25.7 Å². The van der Waals surface area contributed by atoms with E-state index < -0.39 is 27.1 Å². The number of nitro groups is 2. The lowest BCUT2D eigenvalue weighted by Gasteiger charge is -2.16. The van der Waals surface area contributed by atoms with E-state index in [1.54, 1.807) is 0 Å². The number of carbonyl (C=O) groups is 1. The van der Waals surface area contributed by atoms with Crippen LogP contribution in [0.1, 0.15) is 36.0 Å². The lowest BCUT2D eigenvalue weighted by molar-refractivity contribution is -0.393. The number of hydrogen-bond donors (Lipinski definition) is 2. The highest BCUT2D eigenvalue weighted by molar-refractivity contribution is 6.02. The van der Waals surface area contributed by atoms with Crippen molar-refractivity contribution in [2.75, 3.05) is 31.6 Å². The maximum Gasteiger partial charge on any atom is 0.300 e. The molecule has 28 heavy (non-hydrogen) atoms. The average molecular weight is 394 g/mol. The zero-order valence-corrected chi connectivity index (χ0v) is 15.2. The van der Waals surface area contributed by atoms with Gasteiger partial charge in [-0.3, -0.25) is 25.0 Å².